The first-order valence-electron chi connectivity index (χ1n) is 7.35. The molecular weight excluding hydrogens is 218 g/mol. The molecule has 0 saturated heterocycles. The van der Waals surface area contributed by atoms with Crippen molar-refractivity contribution in [2.24, 2.45) is 0 Å². The minimum absolute atomic E-state index is 0.598. The number of hydrogen-bond donors (Lipinski definition) is 0. The summed E-state index contributed by atoms with van der Waals surface area (Å²) < 4.78 is 0. The van der Waals surface area contributed by atoms with Gasteiger partial charge in [0, 0.05) is 18.6 Å². The van der Waals surface area contributed by atoms with Crippen LogP contribution in [0.25, 0.3) is 0 Å². The van der Waals surface area contributed by atoms with E-state index in [0.29, 0.717) is 12.1 Å². The van der Waals surface area contributed by atoms with Crippen LogP contribution in [0.1, 0.15) is 58.2 Å². The SMILES string of the molecule is CCc1cc(CC)cc(CN(C(C)C)C(C)C)c1. The highest BCUT2D eigenvalue weighted by molar-refractivity contribution is 5.30. The molecule has 0 amide bonds. The number of hydrogen-bond acceptors (Lipinski definition) is 1. The van der Waals surface area contributed by atoms with Gasteiger partial charge in [0.2, 0.25) is 0 Å². The zero-order valence-electron chi connectivity index (χ0n) is 13.0. The summed E-state index contributed by atoms with van der Waals surface area (Å²) in [5.41, 5.74) is 4.40. The van der Waals surface area contributed by atoms with E-state index in [4.69, 9.17) is 0 Å². The average Bonchev–Trinajstić information content (AvgIpc) is 2.34. The van der Waals surface area contributed by atoms with Crippen molar-refractivity contribution in [3.63, 3.8) is 0 Å². The minimum atomic E-state index is 0.598. The zero-order chi connectivity index (χ0) is 13.7. The highest BCUT2D eigenvalue weighted by atomic mass is 15.2. The van der Waals surface area contributed by atoms with Crippen LogP contribution in [0.5, 0.6) is 0 Å². The highest BCUT2D eigenvalue weighted by Gasteiger charge is 2.14. The van der Waals surface area contributed by atoms with Crippen molar-refractivity contribution in [1.82, 2.24) is 4.90 Å². The Morgan fingerprint density at radius 1 is 0.778 bits per heavy atom. The highest BCUT2D eigenvalue weighted by Crippen LogP contribution is 2.17. The van der Waals surface area contributed by atoms with E-state index in [9.17, 15) is 0 Å². The predicted molar refractivity (Wildman–Crippen MR) is 81.0 cm³/mol. The topological polar surface area (TPSA) is 3.24 Å². The smallest absolute Gasteiger partial charge is 0.0239 e. The molecule has 0 atom stereocenters. The first-order valence-corrected chi connectivity index (χ1v) is 7.35. The second-order valence-corrected chi connectivity index (χ2v) is 5.72. The maximum absolute atomic E-state index is 2.55. The van der Waals surface area contributed by atoms with E-state index in [1.807, 2.05) is 0 Å². The first kappa shape index (κ1) is 15.2. The Kier molecular flexibility index (Phi) is 5.87. The van der Waals surface area contributed by atoms with E-state index in [2.05, 4.69) is 64.6 Å². The van der Waals surface area contributed by atoms with Crippen molar-refractivity contribution in [2.45, 2.75) is 73.0 Å². The van der Waals surface area contributed by atoms with E-state index >= 15 is 0 Å². The third-order valence-electron chi connectivity index (χ3n) is 3.62. The number of benzene rings is 1. The Bertz CT molecular complexity index is 336. The van der Waals surface area contributed by atoms with Crippen molar-refractivity contribution in [2.75, 3.05) is 0 Å². The Morgan fingerprint density at radius 3 is 1.50 bits per heavy atom. The van der Waals surface area contributed by atoms with Gasteiger partial charge in [0.1, 0.15) is 0 Å². The molecule has 18 heavy (non-hydrogen) atoms. The Balaban J connectivity index is 2.94. The number of nitrogens with zero attached hydrogens (tertiary/aromatic N) is 1. The van der Waals surface area contributed by atoms with Crippen LogP contribution in [-0.4, -0.2) is 17.0 Å². The molecule has 0 unspecified atom stereocenters. The van der Waals surface area contributed by atoms with Gasteiger partial charge in [0.05, 0.1) is 0 Å². The molecule has 0 aromatic heterocycles. The van der Waals surface area contributed by atoms with E-state index < -0.39 is 0 Å². The third-order valence-corrected chi connectivity index (χ3v) is 3.62. The fourth-order valence-corrected chi connectivity index (χ4v) is 2.51. The molecule has 1 rings (SSSR count). The molecule has 0 aliphatic carbocycles. The number of aryl methyl sites for hydroxylation is 2. The summed E-state index contributed by atoms with van der Waals surface area (Å²) in [4.78, 5) is 2.55. The van der Waals surface area contributed by atoms with Gasteiger partial charge in [-0.2, -0.15) is 0 Å². The molecule has 0 aliphatic heterocycles. The van der Waals surface area contributed by atoms with Gasteiger partial charge in [-0.15, -0.1) is 0 Å². The predicted octanol–water partition coefficient (Wildman–Crippen LogP) is 4.43. The van der Waals surface area contributed by atoms with Crippen molar-refractivity contribution >= 4 is 0 Å². The van der Waals surface area contributed by atoms with Gasteiger partial charge in [-0.3, -0.25) is 4.90 Å². The Morgan fingerprint density at radius 2 is 1.17 bits per heavy atom. The second kappa shape index (κ2) is 6.94. The van der Waals surface area contributed by atoms with Crippen LogP contribution in [0.15, 0.2) is 18.2 Å². The van der Waals surface area contributed by atoms with Gasteiger partial charge in [0.25, 0.3) is 0 Å². The van der Waals surface area contributed by atoms with Crippen molar-refractivity contribution < 1.29 is 0 Å². The lowest BCUT2D eigenvalue weighted by molar-refractivity contribution is 0.166. The average molecular weight is 247 g/mol. The third kappa shape index (κ3) is 4.13. The summed E-state index contributed by atoms with van der Waals surface area (Å²) >= 11 is 0. The second-order valence-electron chi connectivity index (χ2n) is 5.72. The lowest BCUT2D eigenvalue weighted by Gasteiger charge is -2.30. The first-order chi connectivity index (χ1) is 8.47. The van der Waals surface area contributed by atoms with Gasteiger partial charge >= 0.3 is 0 Å². The summed E-state index contributed by atoms with van der Waals surface area (Å²) in [6.45, 7) is 14.7. The minimum Gasteiger partial charge on any atom is -0.294 e. The van der Waals surface area contributed by atoms with Crippen LogP contribution < -0.4 is 0 Å². The molecule has 0 N–H and O–H groups in total. The van der Waals surface area contributed by atoms with Gasteiger partial charge in [0.15, 0.2) is 0 Å². The van der Waals surface area contributed by atoms with Gasteiger partial charge in [-0.1, -0.05) is 32.0 Å². The van der Waals surface area contributed by atoms with Crippen LogP contribution in [-0.2, 0) is 19.4 Å². The lowest BCUT2D eigenvalue weighted by Crippen LogP contribution is -2.36. The molecule has 0 aliphatic rings. The summed E-state index contributed by atoms with van der Waals surface area (Å²) in [6.07, 6.45) is 2.26. The summed E-state index contributed by atoms with van der Waals surface area (Å²) in [7, 11) is 0. The van der Waals surface area contributed by atoms with Crippen LogP contribution in [0.2, 0.25) is 0 Å². The molecule has 1 aromatic carbocycles. The van der Waals surface area contributed by atoms with Crippen molar-refractivity contribution in [1.29, 1.82) is 0 Å². The Hall–Kier alpha value is -0.820. The molecule has 102 valence electrons. The Labute approximate surface area is 113 Å². The monoisotopic (exact) mass is 247 g/mol. The van der Waals surface area contributed by atoms with Crippen LogP contribution >= 0.6 is 0 Å². The normalized spacial score (nSPS) is 11.8. The maximum Gasteiger partial charge on any atom is 0.0239 e. The van der Waals surface area contributed by atoms with Gasteiger partial charge in [-0.05, 0) is 57.2 Å². The van der Waals surface area contributed by atoms with Crippen molar-refractivity contribution in [3.05, 3.63) is 34.9 Å². The molecular formula is C17H29N. The quantitative estimate of drug-likeness (QED) is 0.719. The van der Waals surface area contributed by atoms with Crippen molar-refractivity contribution in [3.8, 4) is 0 Å². The molecule has 0 fully saturated rings. The molecule has 0 heterocycles. The van der Waals surface area contributed by atoms with Crippen LogP contribution in [0, 0.1) is 0 Å². The van der Waals surface area contributed by atoms with Crippen LogP contribution in [0.4, 0.5) is 0 Å². The van der Waals surface area contributed by atoms with Crippen LogP contribution in [0.3, 0.4) is 0 Å². The zero-order valence-corrected chi connectivity index (χ0v) is 13.0. The molecule has 1 aromatic rings. The fraction of sp³-hybridized carbons (Fsp3) is 0.647. The fourth-order valence-electron chi connectivity index (χ4n) is 2.51. The lowest BCUT2D eigenvalue weighted by atomic mass is 10.0. The molecule has 1 heteroatoms. The summed E-state index contributed by atoms with van der Waals surface area (Å²) in [5, 5.41) is 0. The standard InChI is InChI=1S/C17H29N/c1-7-15-9-16(8-2)11-17(10-15)12-18(13(3)4)14(5)6/h9-11,13-14H,7-8,12H2,1-6H3. The van der Waals surface area contributed by atoms with E-state index in [1.54, 1.807) is 0 Å². The van der Waals surface area contributed by atoms with Gasteiger partial charge in [-0.25, -0.2) is 0 Å². The van der Waals surface area contributed by atoms with E-state index in [0.717, 1.165) is 19.4 Å². The molecule has 0 saturated carbocycles. The molecule has 0 radical (unpaired) electrons. The maximum atomic E-state index is 2.55. The number of rotatable bonds is 6. The van der Waals surface area contributed by atoms with E-state index in [-0.39, 0.29) is 0 Å². The summed E-state index contributed by atoms with van der Waals surface area (Å²) in [5.74, 6) is 0. The molecule has 0 bridgehead atoms. The largest absolute Gasteiger partial charge is 0.294 e. The van der Waals surface area contributed by atoms with Gasteiger partial charge < -0.3 is 0 Å². The van der Waals surface area contributed by atoms with E-state index in [1.165, 1.54) is 16.7 Å². The molecule has 0 spiro atoms. The molecule has 1 nitrogen and oxygen atoms in total. The summed E-state index contributed by atoms with van der Waals surface area (Å²) in [6, 6.07) is 8.28.